The molecule has 7 rings (SSSR count). The number of likely N-dealkylation sites (N-methyl/N-ethyl adjacent to an activating group) is 1. The number of likely N-dealkylation sites (tertiary alicyclic amines) is 1. The van der Waals surface area contributed by atoms with Gasteiger partial charge in [-0.1, -0.05) is 30.3 Å². The van der Waals surface area contributed by atoms with Crippen LogP contribution in [0.15, 0.2) is 52.2 Å². The molecule has 40 heavy (non-hydrogen) atoms. The Bertz CT molecular complexity index is 1680. The van der Waals surface area contributed by atoms with Gasteiger partial charge in [-0.05, 0) is 35.6 Å². The van der Waals surface area contributed by atoms with Crippen LogP contribution >= 0.6 is 0 Å². The molecular formula is C30H31N4O6+. The topological polar surface area (TPSA) is 146 Å². The maximum absolute atomic E-state index is 13.4. The number of hydrogen-bond donors (Lipinski definition) is 5. The van der Waals surface area contributed by atoms with Crippen molar-refractivity contribution in [1.29, 1.82) is 0 Å². The largest absolute Gasteiger partial charge is 0.480 e. The third kappa shape index (κ3) is 3.35. The molecule has 3 aromatic rings. The predicted octanol–water partition coefficient (Wildman–Crippen LogP) is -0.361. The van der Waals surface area contributed by atoms with E-state index in [9.17, 15) is 24.3 Å². The number of H-pyrrole nitrogens is 2. The number of rotatable bonds is 5. The number of benzene rings is 2. The quantitative estimate of drug-likeness (QED) is 0.297. The van der Waals surface area contributed by atoms with Crippen molar-refractivity contribution in [3.05, 3.63) is 85.7 Å². The number of piperidine rings is 1. The Labute approximate surface area is 229 Å². The SMILES string of the molecule is C[NH+]1CC[C@]23c4c5ccc(C(=O)NCCc6ccc(-c7c[nH]c(=O)[nH]c7=O)cc6)c4O[C@H]2C(=O)CC[C@@]3(O)[C@H]1C5. The molecule has 10 heteroatoms. The minimum atomic E-state index is -1.03. The average Bonchev–Trinajstić information content (AvgIpc) is 3.29. The van der Waals surface area contributed by atoms with Crippen LogP contribution in [0.3, 0.4) is 0 Å². The molecule has 1 aromatic heterocycles. The molecule has 206 valence electrons. The Morgan fingerprint density at radius 2 is 1.95 bits per heavy atom. The van der Waals surface area contributed by atoms with E-state index in [0.717, 1.165) is 23.2 Å². The van der Waals surface area contributed by atoms with Gasteiger partial charge in [0.1, 0.15) is 17.4 Å². The van der Waals surface area contributed by atoms with Crippen LogP contribution in [0.2, 0.25) is 0 Å². The first-order valence-electron chi connectivity index (χ1n) is 13.8. The highest BCUT2D eigenvalue weighted by molar-refractivity contribution is 5.99. The van der Waals surface area contributed by atoms with Crippen molar-refractivity contribution in [2.24, 2.45) is 0 Å². The number of ketones is 1. The van der Waals surface area contributed by atoms with Crippen LogP contribution in [0.4, 0.5) is 0 Å². The van der Waals surface area contributed by atoms with Gasteiger partial charge in [-0.25, -0.2) is 4.79 Å². The first kappa shape index (κ1) is 25.0. The molecule has 4 aliphatic rings. The van der Waals surface area contributed by atoms with E-state index in [0.29, 0.717) is 54.7 Å². The second-order valence-electron chi connectivity index (χ2n) is 11.6. The summed E-state index contributed by atoms with van der Waals surface area (Å²) in [5.41, 5.74) is 1.51. The van der Waals surface area contributed by atoms with Gasteiger partial charge in [0.15, 0.2) is 11.9 Å². The Kier molecular flexibility index (Phi) is 5.46. The van der Waals surface area contributed by atoms with Gasteiger partial charge in [0.25, 0.3) is 11.5 Å². The van der Waals surface area contributed by atoms with E-state index in [2.05, 4.69) is 22.3 Å². The molecule has 5 atom stereocenters. The van der Waals surface area contributed by atoms with Crippen LogP contribution in [0.5, 0.6) is 5.75 Å². The summed E-state index contributed by atoms with van der Waals surface area (Å²) in [7, 11) is 2.11. The summed E-state index contributed by atoms with van der Waals surface area (Å²) in [6.07, 6.45) is 3.26. The highest BCUT2D eigenvalue weighted by Gasteiger charge is 2.74. The highest BCUT2D eigenvalue weighted by Crippen LogP contribution is 2.61. The Morgan fingerprint density at radius 1 is 1.15 bits per heavy atom. The van der Waals surface area contributed by atoms with E-state index in [-0.39, 0.29) is 24.2 Å². The van der Waals surface area contributed by atoms with Crippen molar-refractivity contribution in [2.75, 3.05) is 20.1 Å². The van der Waals surface area contributed by atoms with Crippen LogP contribution in [0.1, 0.15) is 46.3 Å². The summed E-state index contributed by atoms with van der Waals surface area (Å²) in [4.78, 5) is 55.8. The number of aromatic nitrogens is 2. The smallest absolute Gasteiger partial charge is 0.325 e. The summed E-state index contributed by atoms with van der Waals surface area (Å²) < 4.78 is 6.35. The monoisotopic (exact) mass is 543 g/mol. The maximum atomic E-state index is 13.4. The van der Waals surface area contributed by atoms with Crippen molar-refractivity contribution >= 4 is 11.7 Å². The molecule has 10 nitrogen and oxygen atoms in total. The molecule has 1 amide bonds. The Hall–Kier alpha value is -4.02. The molecule has 0 radical (unpaired) electrons. The third-order valence-corrected chi connectivity index (χ3v) is 9.73. The molecule has 1 spiro atoms. The number of aromatic amines is 2. The first-order valence-corrected chi connectivity index (χ1v) is 13.8. The van der Waals surface area contributed by atoms with Crippen LogP contribution in [-0.2, 0) is 23.1 Å². The molecule has 2 fully saturated rings. The van der Waals surface area contributed by atoms with Crippen LogP contribution < -0.4 is 26.2 Å². The second-order valence-corrected chi connectivity index (χ2v) is 11.6. The second kappa shape index (κ2) is 8.74. The van der Waals surface area contributed by atoms with Crippen molar-refractivity contribution in [3.63, 3.8) is 0 Å². The number of carbonyl (C=O) groups is 2. The summed E-state index contributed by atoms with van der Waals surface area (Å²) in [6, 6.07) is 11.1. The minimum absolute atomic E-state index is 0.00526. The zero-order valence-corrected chi connectivity index (χ0v) is 22.1. The van der Waals surface area contributed by atoms with E-state index in [4.69, 9.17) is 4.74 Å². The number of Topliss-reactive ketones (excluding diaryl/α,β-unsaturated/α-hetero) is 1. The van der Waals surface area contributed by atoms with Gasteiger partial charge in [-0.2, -0.15) is 0 Å². The summed E-state index contributed by atoms with van der Waals surface area (Å²) in [6.45, 7) is 1.21. The maximum Gasteiger partial charge on any atom is 0.325 e. The molecule has 1 unspecified atom stereocenters. The van der Waals surface area contributed by atoms with E-state index < -0.39 is 28.4 Å². The summed E-state index contributed by atoms with van der Waals surface area (Å²) in [5.74, 6) is 0.189. The van der Waals surface area contributed by atoms with Crippen molar-refractivity contribution in [1.82, 2.24) is 15.3 Å². The van der Waals surface area contributed by atoms with Gasteiger partial charge >= 0.3 is 5.69 Å². The normalized spacial score (nSPS) is 29.4. The van der Waals surface area contributed by atoms with E-state index in [1.54, 1.807) is 18.2 Å². The van der Waals surface area contributed by atoms with Gasteiger partial charge in [0.05, 0.1) is 30.1 Å². The molecule has 2 bridgehead atoms. The molecule has 1 saturated heterocycles. The fourth-order valence-corrected chi connectivity index (χ4v) is 7.77. The zero-order valence-electron chi connectivity index (χ0n) is 22.1. The molecule has 5 N–H and O–H groups in total. The fourth-order valence-electron chi connectivity index (χ4n) is 7.77. The lowest BCUT2D eigenvalue weighted by atomic mass is 9.49. The van der Waals surface area contributed by atoms with Crippen LogP contribution in [0, 0.1) is 0 Å². The number of ether oxygens (including phenoxy) is 1. The summed E-state index contributed by atoms with van der Waals surface area (Å²) >= 11 is 0. The van der Waals surface area contributed by atoms with Crippen LogP contribution in [0.25, 0.3) is 11.1 Å². The molecular weight excluding hydrogens is 512 g/mol. The summed E-state index contributed by atoms with van der Waals surface area (Å²) in [5, 5.41) is 15.1. The first-order chi connectivity index (χ1) is 19.2. The lowest BCUT2D eigenvalue weighted by Crippen LogP contribution is -3.19. The average molecular weight is 544 g/mol. The molecule has 2 aromatic carbocycles. The van der Waals surface area contributed by atoms with E-state index in [1.807, 2.05) is 18.2 Å². The van der Waals surface area contributed by atoms with E-state index >= 15 is 0 Å². The van der Waals surface area contributed by atoms with Gasteiger partial charge in [-0.3, -0.25) is 19.4 Å². The van der Waals surface area contributed by atoms with Crippen LogP contribution in [-0.4, -0.2) is 64.6 Å². The van der Waals surface area contributed by atoms with Gasteiger partial charge < -0.3 is 25.0 Å². The molecule has 2 aliphatic carbocycles. The number of amides is 1. The van der Waals surface area contributed by atoms with Gasteiger partial charge in [0, 0.05) is 37.6 Å². The standard InChI is InChI=1S/C30H30N4O6/c1-34-13-11-29-23-18-6-7-19(24(23)40-25(29)21(35)8-10-30(29,39)22(34)14-18)26(36)31-12-9-16-2-4-17(5-3-16)20-15-32-28(38)33-27(20)37/h2-7,15,22,25,39H,8-14H2,1H3,(H,31,36)(H2,32,33,37,38)/p+1/t22-,25+,29+,30-/m1/s1. The Morgan fingerprint density at radius 3 is 2.73 bits per heavy atom. The number of nitrogens with one attached hydrogen (secondary N) is 4. The third-order valence-electron chi connectivity index (χ3n) is 9.73. The van der Waals surface area contributed by atoms with Crippen molar-refractivity contribution < 1.29 is 24.3 Å². The lowest BCUT2D eigenvalue weighted by Gasteiger charge is -2.59. The number of aliphatic hydroxyl groups is 1. The fraction of sp³-hybridized carbons (Fsp3) is 0.400. The minimum Gasteiger partial charge on any atom is -0.480 e. The van der Waals surface area contributed by atoms with E-state index in [1.165, 1.54) is 11.1 Å². The van der Waals surface area contributed by atoms with Crippen molar-refractivity contribution in [2.45, 2.75) is 55.3 Å². The molecule has 1 saturated carbocycles. The predicted molar refractivity (Wildman–Crippen MR) is 145 cm³/mol. The van der Waals surface area contributed by atoms with Crippen molar-refractivity contribution in [3.8, 4) is 16.9 Å². The number of carbonyl (C=O) groups excluding carboxylic acids is 2. The highest BCUT2D eigenvalue weighted by atomic mass is 16.5. The van der Waals surface area contributed by atoms with Gasteiger partial charge in [-0.15, -0.1) is 0 Å². The number of hydrogen-bond acceptors (Lipinski definition) is 6. The Balaban J connectivity index is 1.12. The number of quaternary nitrogens is 1. The van der Waals surface area contributed by atoms with Gasteiger partial charge in [0.2, 0.25) is 0 Å². The zero-order chi connectivity index (χ0) is 27.8. The molecule has 2 aliphatic heterocycles. The molecule has 3 heterocycles. The lowest BCUT2D eigenvalue weighted by molar-refractivity contribution is -0.923.